The average Bonchev–Trinajstić information content (AvgIpc) is 3.21. The number of nitrogens with two attached hydrogens (primary N) is 1. The van der Waals surface area contributed by atoms with Crippen molar-refractivity contribution < 1.29 is 27.2 Å². The molecule has 0 spiro atoms. The van der Waals surface area contributed by atoms with Gasteiger partial charge >= 0.3 is 6.18 Å². The molecule has 2 heterocycles. The first-order valence-corrected chi connectivity index (χ1v) is 11.8. The molecule has 2 aromatic carbocycles. The third-order valence-electron chi connectivity index (χ3n) is 7.35. The van der Waals surface area contributed by atoms with E-state index < -0.39 is 23.8 Å². The van der Waals surface area contributed by atoms with Crippen molar-refractivity contribution in [1.82, 2.24) is 9.88 Å². The molecule has 5 rings (SSSR count). The Morgan fingerprint density at radius 1 is 1.22 bits per heavy atom. The van der Waals surface area contributed by atoms with Gasteiger partial charge in [0.05, 0.1) is 17.9 Å². The van der Waals surface area contributed by atoms with Gasteiger partial charge in [-0.05, 0) is 65.6 Å². The lowest BCUT2D eigenvalue weighted by Crippen LogP contribution is -2.34. The van der Waals surface area contributed by atoms with Gasteiger partial charge in [-0.15, -0.1) is 0 Å². The number of aromatic nitrogens is 1. The van der Waals surface area contributed by atoms with Gasteiger partial charge < -0.3 is 15.6 Å². The molecule has 1 unspecified atom stereocenters. The van der Waals surface area contributed by atoms with Gasteiger partial charge in [0.1, 0.15) is 5.82 Å². The first-order valence-electron chi connectivity index (χ1n) is 11.8. The number of benzene rings is 2. The molecule has 1 aliphatic carbocycles. The molecule has 1 aliphatic heterocycles. The molecule has 0 radical (unpaired) electrons. The van der Waals surface area contributed by atoms with Crippen molar-refractivity contribution in [3.05, 3.63) is 70.7 Å². The molecule has 2 aliphatic rings. The number of nitrogens with one attached hydrogen (secondary N) is 1. The van der Waals surface area contributed by atoms with E-state index in [-0.39, 0.29) is 31.6 Å². The Labute approximate surface area is 205 Å². The number of halogens is 4. The SMILES string of the molecule is C=CC(=O)N1CCc2c(cccc2-c2c(F)cc(CC(N)=O)c3[nH]c4c(c23)CCC(C(F)(F)F)C4)C1. The standard InChI is InChI=1S/C27H25F4N3O2/c1-2-23(36)34-9-8-17-14(13-34)4-3-5-18(17)24-20(28)10-15(11-22(32)35)26-25(24)19-7-6-16(27(29,30)31)12-21(19)33-26/h2-5,10,16,33H,1,6-9,11-13H2,(H2,32,35). The second-order valence-electron chi connectivity index (χ2n) is 9.51. The number of aryl methyl sites for hydroxylation is 1. The topological polar surface area (TPSA) is 79.2 Å². The van der Waals surface area contributed by atoms with Gasteiger partial charge in [-0.1, -0.05) is 24.8 Å². The van der Waals surface area contributed by atoms with E-state index in [1.807, 2.05) is 6.07 Å². The van der Waals surface area contributed by atoms with E-state index in [4.69, 9.17) is 5.73 Å². The van der Waals surface area contributed by atoms with Crippen LogP contribution in [0.4, 0.5) is 17.6 Å². The van der Waals surface area contributed by atoms with Gasteiger partial charge in [-0.3, -0.25) is 9.59 Å². The zero-order chi connectivity index (χ0) is 25.8. The van der Waals surface area contributed by atoms with Gasteiger partial charge in [0.15, 0.2) is 0 Å². The summed E-state index contributed by atoms with van der Waals surface area (Å²) in [5.74, 6) is -2.89. The minimum Gasteiger partial charge on any atom is -0.369 e. The number of carbonyl (C=O) groups is 2. The average molecular weight is 500 g/mol. The molecular weight excluding hydrogens is 474 g/mol. The van der Waals surface area contributed by atoms with Crippen molar-refractivity contribution in [2.45, 2.75) is 44.8 Å². The second kappa shape index (κ2) is 8.80. The highest BCUT2D eigenvalue weighted by Crippen LogP contribution is 2.45. The van der Waals surface area contributed by atoms with Crippen molar-refractivity contribution in [1.29, 1.82) is 0 Å². The van der Waals surface area contributed by atoms with Crippen LogP contribution in [-0.2, 0) is 41.8 Å². The van der Waals surface area contributed by atoms with Gasteiger partial charge in [0.25, 0.3) is 0 Å². The Morgan fingerprint density at radius 2 is 2.00 bits per heavy atom. The van der Waals surface area contributed by atoms with Crippen molar-refractivity contribution in [3.63, 3.8) is 0 Å². The molecule has 188 valence electrons. The Hall–Kier alpha value is -3.62. The minimum absolute atomic E-state index is 0.0872. The second-order valence-corrected chi connectivity index (χ2v) is 9.51. The molecule has 2 amide bonds. The third-order valence-corrected chi connectivity index (χ3v) is 7.35. The highest BCUT2D eigenvalue weighted by Gasteiger charge is 2.42. The highest BCUT2D eigenvalue weighted by molar-refractivity contribution is 6.02. The molecule has 3 N–H and O–H groups in total. The number of carbonyl (C=O) groups excluding carboxylic acids is 2. The fraction of sp³-hybridized carbons (Fsp3) is 0.333. The van der Waals surface area contributed by atoms with Gasteiger partial charge in [0.2, 0.25) is 11.8 Å². The molecule has 36 heavy (non-hydrogen) atoms. The molecule has 0 bridgehead atoms. The first-order chi connectivity index (χ1) is 17.1. The molecule has 1 atom stereocenters. The summed E-state index contributed by atoms with van der Waals surface area (Å²) in [4.78, 5) is 28.6. The molecule has 9 heteroatoms. The van der Waals surface area contributed by atoms with Gasteiger partial charge in [0, 0.05) is 29.7 Å². The number of alkyl halides is 3. The van der Waals surface area contributed by atoms with Crippen LogP contribution in [0.15, 0.2) is 36.9 Å². The van der Waals surface area contributed by atoms with Crippen LogP contribution in [0.2, 0.25) is 0 Å². The smallest absolute Gasteiger partial charge is 0.369 e. The van der Waals surface area contributed by atoms with Crippen molar-refractivity contribution in [2.24, 2.45) is 11.7 Å². The number of nitrogens with zero attached hydrogens (tertiary/aromatic N) is 1. The molecule has 5 nitrogen and oxygen atoms in total. The maximum Gasteiger partial charge on any atom is 0.392 e. The number of rotatable bonds is 4. The van der Waals surface area contributed by atoms with Crippen LogP contribution >= 0.6 is 0 Å². The summed E-state index contributed by atoms with van der Waals surface area (Å²) in [7, 11) is 0. The highest BCUT2D eigenvalue weighted by atomic mass is 19.4. The summed E-state index contributed by atoms with van der Waals surface area (Å²) < 4.78 is 56.3. The number of amides is 2. The molecule has 0 saturated heterocycles. The first kappa shape index (κ1) is 24.1. The lowest BCUT2D eigenvalue weighted by Gasteiger charge is -2.30. The lowest BCUT2D eigenvalue weighted by molar-refractivity contribution is -0.177. The molecular formula is C27H25F4N3O2. The minimum atomic E-state index is -4.33. The maximum absolute atomic E-state index is 15.8. The largest absolute Gasteiger partial charge is 0.392 e. The zero-order valence-corrected chi connectivity index (χ0v) is 19.5. The van der Waals surface area contributed by atoms with E-state index in [1.54, 1.807) is 17.0 Å². The van der Waals surface area contributed by atoms with Crippen LogP contribution in [0.5, 0.6) is 0 Å². The van der Waals surface area contributed by atoms with E-state index in [0.29, 0.717) is 58.4 Å². The van der Waals surface area contributed by atoms with Crippen molar-refractivity contribution in [3.8, 4) is 11.1 Å². The van der Waals surface area contributed by atoms with Crippen LogP contribution in [0.25, 0.3) is 22.0 Å². The molecule has 3 aromatic rings. The Morgan fingerprint density at radius 3 is 2.69 bits per heavy atom. The summed E-state index contributed by atoms with van der Waals surface area (Å²) >= 11 is 0. The predicted molar refractivity (Wildman–Crippen MR) is 127 cm³/mol. The summed E-state index contributed by atoms with van der Waals surface area (Å²) in [5, 5.41) is 0.514. The number of primary amides is 1. The van der Waals surface area contributed by atoms with E-state index in [9.17, 15) is 22.8 Å². The van der Waals surface area contributed by atoms with Crippen LogP contribution < -0.4 is 5.73 Å². The third kappa shape index (κ3) is 4.06. The summed E-state index contributed by atoms with van der Waals surface area (Å²) in [6.07, 6.45) is -2.98. The number of fused-ring (bicyclic) bond motifs is 4. The number of hydrogen-bond acceptors (Lipinski definition) is 2. The number of hydrogen-bond donors (Lipinski definition) is 2. The fourth-order valence-electron chi connectivity index (χ4n) is 5.67. The van der Waals surface area contributed by atoms with Crippen molar-refractivity contribution >= 4 is 22.7 Å². The quantitative estimate of drug-likeness (QED) is 0.402. The lowest BCUT2D eigenvalue weighted by atomic mass is 9.83. The van der Waals surface area contributed by atoms with Crippen LogP contribution in [0, 0.1) is 11.7 Å². The van der Waals surface area contributed by atoms with Gasteiger partial charge in [-0.25, -0.2) is 4.39 Å². The summed E-state index contributed by atoms with van der Waals surface area (Å²) in [6.45, 7) is 4.34. The normalized spacial score (nSPS) is 17.6. The van der Waals surface area contributed by atoms with Gasteiger partial charge in [-0.2, -0.15) is 13.2 Å². The van der Waals surface area contributed by atoms with E-state index in [0.717, 1.165) is 11.1 Å². The van der Waals surface area contributed by atoms with E-state index in [1.165, 1.54) is 12.1 Å². The fourth-order valence-corrected chi connectivity index (χ4v) is 5.67. The molecule has 0 saturated carbocycles. The van der Waals surface area contributed by atoms with E-state index in [2.05, 4.69) is 11.6 Å². The van der Waals surface area contributed by atoms with E-state index >= 15 is 4.39 Å². The van der Waals surface area contributed by atoms with Crippen LogP contribution in [-0.4, -0.2) is 34.4 Å². The Balaban J connectivity index is 1.71. The molecule has 0 fully saturated rings. The van der Waals surface area contributed by atoms with Crippen LogP contribution in [0.3, 0.4) is 0 Å². The monoisotopic (exact) mass is 499 g/mol. The molecule has 1 aromatic heterocycles. The Bertz CT molecular complexity index is 1410. The number of H-pyrrole nitrogens is 1. The van der Waals surface area contributed by atoms with Crippen LogP contribution in [0.1, 0.15) is 34.4 Å². The Kier molecular flexibility index (Phi) is 5.89. The zero-order valence-electron chi connectivity index (χ0n) is 19.5. The predicted octanol–water partition coefficient (Wildman–Crippen LogP) is 4.74. The maximum atomic E-state index is 15.8. The van der Waals surface area contributed by atoms with Crippen molar-refractivity contribution in [2.75, 3.05) is 6.54 Å². The number of aromatic amines is 1. The summed E-state index contributed by atoms with van der Waals surface area (Å²) in [6, 6.07) is 6.73. The summed E-state index contributed by atoms with van der Waals surface area (Å²) in [5.41, 5.74) is 9.97.